The van der Waals surface area contributed by atoms with Crippen molar-refractivity contribution in [2.75, 3.05) is 19.1 Å². The zero-order chi connectivity index (χ0) is 23.9. The molecule has 1 aromatic heterocycles. The fourth-order valence-corrected chi connectivity index (χ4v) is 5.17. The number of thiophene rings is 1. The van der Waals surface area contributed by atoms with Crippen molar-refractivity contribution < 1.29 is 19.1 Å². The van der Waals surface area contributed by atoms with Crippen molar-refractivity contribution in [3.05, 3.63) is 76.5 Å². The number of hydrogen-bond acceptors (Lipinski definition) is 5. The lowest BCUT2D eigenvalue weighted by Gasteiger charge is -2.33. The summed E-state index contributed by atoms with van der Waals surface area (Å²) in [5.41, 5.74) is 1.24. The molecule has 2 aromatic carbocycles. The molecule has 2 amide bonds. The van der Waals surface area contributed by atoms with Crippen molar-refractivity contribution in [3.63, 3.8) is 0 Å². The number of anilines is 1. The first kappa shape index (κ1) is 23.8. The molecule has 0 radical (unpaired) electrons. The van der Waals surface area contributed by atoms with Gasteiger partial charge in [0.15, 0.2) is 0 Å². The molecule has 178 valence electrons. The molecule has 1 heterocycles. The molecular formula is C27H30N2O4S. The van der Waals surface area contributed by atoms with Gasteiger partial charge in [-0.05, 0) is 54.1 Å². The molecule has 1 saturated carbocycles. The van der Waals surface area contributed by atoms with Gasteiger partial charge in [-0.25, -0.2) is 0 Å². The summed E-state index contributed by atoms with van der Waals surface area (Å²) in [7, 11) is 3.16. The summed E-state index contributed by atoms with van der Waals surface area (Å²) in [6, 6.07) is 17.8. The molecule has 3 aromatic rings. The minimum absolute atomic E-state index is 0.118. The number of rotatable bonds is 9. The van der Waals surface area contributed by atoms with Crippen LogP contribution in [0, 0.1) is 0 Å². The average Bonchev–Trinajstić information content (AvgIpc) is 3.57. The monoisotopic (exact) mass is 478 g/mol. The lowest BCUT2D eigenvalue weighted by Crippen LogP contribution is -2.47. The third-order valence-electron chi connectivity index (χ3n) is 6.14. The Morgan fingerprint density at radius 3 is 2.53 bits per heavy atom. The molecule has 0 spiro atoms. The number of para-hydroxylation sites is 2. The molecule has 1 fully saturated rings. The van der Waals surface area contributed by atoms with E-state index in [-0.39, 0.29) is 24.3 Å². The van der Waals surface area contributed by atoms with Crippen LogP contribution in [-0.2, 0) is 16.0 Å². The second-order valence-corrected chi connectivity index (χ2v) is 9.39. The molecule has 0 unspecified atom stereocenters. The SMILES string of the molecule is COc1cccc([C@H](C(=O)NC2CCCC2)N(C(=O)Cc2cccs2)c2ccccc2OC)c1. The summed E-state index contributed by atoms with van der Waals surface area (Å²) in [5, 5.41) is 5.15. The number of carbonyl (C=O) groups is 2. The van der Waals surface area contributed by atoms with Crippen molar-refractivity contribution in [1.29, 1.82) is 0 Å². The fraction of sp³-hybridized carbons (Fsp3) is 0.333. The fourth-order valence-electron chi connectivity index (χ4n) is 4.47. The summed E-state index contributed by atoms with van der Waals surface area (Å²) in [6.45, 7) is 0. The van der Waals surface area contributed by atoms with Crippen molar-refractivity contribution in [3.8, 4) is 11.5 Å². The average molecular weight is 479 g/mol. The highest BCUT2D eigenvalue weighted by molar-refractivity contribution is 7.10. The third kappa shape index (κ3) is 5.42. The zero-order valence-electron chi connectivity index (χ0n) is 19.5. The molecule has 4 rings (SSSR count). The van der Waals surface area contributed by atoms with E-state index < -0.39 is 6.04 Å². The van der Waals surface area contributed by atoms with Crippen molar-refractivity contribution in [1.82, 2.24) is 5.32 Å². The lowest BCUT2D eigenvalue weighted by atomic mass is 10.0. The molecule has 0 aliphatic heterocycles. The summed E-state index contributed by atoms with van der Waals surface area (Å²) in [5.74, 6) is 0.775. The first-order chi connectivity index (χ1) is 16.6. The van der Waals surface area contributed by atoms with Crippen molar-refractivity contribution in [2.45, 2.75) is 44.2 Å². The molecule has 0 saturated heterocycles. The number of nitrogens with zero attached hydrogens (tertiary/aromatic N) is 1. The van der Waals surface area contributed by atoms with E-state index in [2.05, 4.69) is 5.32 Å². The van der Waals surface area contributed by atoms with E-state index in [1.165, 1.54) is 11.3 Å². The van der Waals surface area contributed by atoms with Crippen molar-refractivity contribution in [2.24, 2.45) is 0 Å². The van der Waals surface area contributed by atoms with Gasteiger partial charge >= 0.3 is 0 Å². The van der Waals surface area contributed by atoms with Crippen LogP contribution in [0.5, 0.6) is 11.5 Å². The van der Waals surface area contributed by atoms with E-state index in [1.54, 1.807) is 25.2 Å². The standard InChI is InChI=1S/C27H30N2O4S/c1-32-21-12-7-9-19(17-21)26(27(31)28-20-10-3-4-11-20)29(23-14-5-6-15-24(23)33-2)25(30)18-22-13-8-16-34-22/h5-9,12-17,20,26H,3-4,10-11,18H2,1-2H3,(H,28,31)/t26-/m1/s1. The Balaban J connectivity index is 1.81. The second kappa shape index (κ2) is 11.2. The molecule has 7 heteroatoms. The van der Waals surface area contributed by atoms with Crippen LogP contribution >= 0.6 is 11.3 Å². The minimum atomic E-state index is -0.875. The van der Waals surface area contributed by atoms with Crippen LogP contribution in [-0.4, -0.2) is 32.1 Å². The van der Waals surface area contributed by atoms with Crippen LogP contribution in [0.15, 0.2) is 66.0 Å². The van der Waals surface area contributed by atoms with Gasteiger partial charge in [-0.1, -0.05) is 43.2 Å². The normalized spacial score (nSPS) is 14.4. The summed E-state index contributed by atoms with van der Waals surface area (Å²) < 4.78 is 11.0. The highest BCUT2D eigenvalue weighted by Gasteiger charge is 2.35. The van der Waals surface area contributed by atoms with Gasteiger partial charge < -0.3 is 14.8 Å². The van der Waals surface area contributed by atoms with Gasteiger partial charge in [0, 0.05) is 10.9 Å². The molecule has 6 nitrogen and oxygen atoms in total. The predicted molar refractivity (Wildman–Crippen MR) is 135 cm³/mol. The number of methoxy groups -OCH3 is 2. The number of ether oxygens (including phenoxy) is 2. The van der Waals surface area contributed by atoms with Gasteiger partial charge in [0.2, 0.25) is 11.8 Å². The van der Waals surface area contributed by atoms with Crippen LogP contribution < -0.4 is 19.7 Å². The minimum Gasteiger partial charge on any atom is -0.497 e. The number of nitrogens with one attached hydrogen (secondary N) is 1. The Labute approximate surface area is 204 Å². The number of amides is 2. The first-order valence-corrected chi connectivity index (χ1v) is 12.4. The van der Waals surface area contributed by atoms with Crippen LogP contribution in [0.25, 0.3) is 0 Å². The van der Waals surface area contributed by atoms with Crippen LogP contribution in [0.2, 0.25) is 0 Å². The van der Waals surface area contributed by atoms with Gasteiger partial charge in [-0.3, -0.25) is 14.5 Å². The molecule has 1 N–H and O–H groups in total. The quantitative estimate of drug-likeness (QED) is 0.462. The maximum absolute atomic E-state index is 13.9. The number of benzene rings is 2. The van der Waals surface area contributed by atoms with Crippen LogP contribution in [0.1, 0.15) is 42.2 Å². The van der Waals surface area contributed by atoms with E-state index in [0.717, 1.165) is 30.6 Å². The smallest absolute Gasteiger partial charge is 0.248 e. The second-order valence-electron chi connectivity index (χ2n) is 8.36. The Morgan fingerprint density at radius 1 is 1.03 bits per heavy atom. The molecule has 1 atom stereocenters. The lowest BCUT2D eigenvalue weighted by molar-refractivity contribution is -0.127. The topological polar surface area (TPSA) is 67.9 Å². The summed E-state index contributed by atoms with van der Waals surface area (Å²) in [4.78, 5) is 30.2. The molecule has 1 aliphatic rings. The molecule has 0 bridgehead atoms. The van der Waals surface area contributed by atoms with Crippen LogP contribution in [0.4, 0.5) is 5.69 Å². The highest BCUT2D eigenvalue weighted by Crippen LogP contribution is 2.36. The van der Waals surface area contributed by atoms with E-state index in [9.17, 15) is 9.59 Å². The zero-order valence-corrected chi connectivity index (χ0v) is 20.3. The molecule has 34 heavy (non-hydrogen) atoms. The summed E-state index contributed by atoms with van der Waals surface area (Å²) in [6.07, 6.45) is 4.29. The maximum atomic E-state index is 13.9. The Morgan fingerprint density at radius 2 is 1.82 bits per heavy atom. The van der Waals surface area contributed by atoms with Gasteiger partial charge in [0.25, 0.3) is 0 Å². The third-order valence-corrected chi connectivity index (χ3v) is 7.01. The first-order valence-electron chi connectivity index (χ1n) is 11.5. The van der Waals surface area contributed by atoms with Crippen LogP contribution in [0.3, 0.4) is 0 Å². The van der Waals surface area contributed by atoms with Gasteiger partial charge in [0.05, 0.1) is 26.3 Å². The Hall–Kier alpha value is -3.32. The molecular weight excluding hydrogens is 448 g/mol. The Kier molecular flexibility index (Phi) is 7.85. The number of hydrogen-bond donors (Lipinski definition) is 1. The maximum Gasteiger partial charge on any atom is 0.248 e. The highest BCUT2D eigenvalue weighted by atomic mass is 32.1. The predicted octanol–water partition coefficient (Wildman–Crippen LogP) is 5.14. The largest absolute Gasteiger partial charge is 0.497 e. The molecule has 1 aliphatic carbocycles. The van der Waals surface area contributed by atoms with E-state index >= 15 is 0 Å². The van der Waals surface area contributed by atoms with E-state index in [4.69, 9.17) is 9.47 Å². The van der Waals surface area contributed by atoms with Gasteiger partial charge in [0.1, 0.15) is 17.5 Å². The Bertz CT molecular complexity index is 1110. The van der Waals surface area contributed by atoms with Gasteiger partial charge in [-0.15, -0.1) is 11.3 Å². The van der Waals surface area contributed by atoms with Gasteiger partial charge in [-0.2, -0.15) is 0 Å². The van der Waals surface area contributed by atoms with E-state index in [0.29, 0.717) is 22.7 Å². The number of carbonyl (C=O) groups excluding carboxylic acids is 2. The summed E-state index contributed by atoms with van der Waals surface area (Å²) >= 11 is 1.52. The van der Waals surface area contributed by atoms with E-state index in [1.807, 2.05) is 60.0 Å². The van der Waals surface area contributed by atoms with Crippen molar-refractivity contribution >= 4 is 28.8 Å².